The quantitative estimate of drug-likeness (QED) is 0.788. The van der Waals surface area contributed by atoms with Crippen molar-refractivity contribution in [3.63, 3.8) is 0 Å². The van der Waals surface area contributed by atoms with Crippen LogP contribution < -0.4 is 0 Å². The second-order valence-corrected chi connectivity index (χ2v) is 6.42. The fourth-order valence-electron chi connectivity index (χ4n) is 4.17. The molecule has 1 aliphatic heterocycles. The van der Waals surface area contributed by atoms with Gasteiger partial charge in [0.1, 0.15) is 0 Å². The molecular weight excluding hydrogens is 254 g/mol. The lowest BCUT2D eigenvalue weighted by Crippen LogP contribution is -2.50. The highest BCUT2D eigenvalue weighted by Crippen LogP contribution is 2.45. The Kier molecular flexibility index (Phi) is 3.81. The summed E-state index contributed by atoms with van der Waals surface area (Å²) in [5.41, 5.74) is 0. The molecule has 0 aromatic carbocycles. The summed E-state index contributed by atoms with van der Waals surface area (Å²) in [4.78, 5) is 26.4. The van der Waals surface area contributed by atoms with E-state index in [1.807, 2.05) is 11.0 Å². The number of carbonyl (C=O) groups is 2. The molecule has 20 heavy (non-hydrogen) atoms. The lowest BCUT2D eigenvalue weighted by molar-refractivity contribution is -0.156. The van der Waals surface area contributed by atoms with Gasteiger partial charge in [0.15, 0.2) is 0 Å². The van der Waals surface area contributed by atoms with Gasteiger partial charge in [-0.3, -0.25) is 9.59 Å². The zero-order chi connectivity index (χ0) is 14.1. The number of allylic oxidation sites excluding steroid dienone is 2. The van der Waals surface area contributed by atoms with Gasteiger partial charge in [-0.05, 0) is 37.5 Å². The van der Waals surface area contributed by atoms with Crippen molar-refractivity contribution in [2.75, 3.05) is 13.1 Å². The highest BCUT2D eigenvalue weighted by atomic mass is 16.4. The van der Waals surface area contributed by atoms with Crippen LogP contribution in [0.15, 0.2) is 12.2 Å². The highest BCUT2D eigenvalue weighted by Gasteiger charge is 2.49. The van der Waals surface area contributed by atoms with Crippen molar-refractivity contribution in [2.45, 2.75) is 38.5 Å². The van der Waals surface area contributed by atoms with E-state index in [4.69, 9.17) is 0 Å². The van der Waals surface area contributed by atoms with Crippen LogP contribution in [-0.2, 0) is 9.59 Å². The Morgan fingerprint density at radius 2 is 1.45 bits per heavy atom. The van der Waals surface area contributed by atoms with Gasteiger partial charge in [0.05, 0.1) is 11.8 Å². The highest BCUT2D eigenvalue weighted by molar-refractivity contribution is 5.86. The van der Waals surface area contributed by atoms with Crippen LogP contribution in [0.5, 0.6) is 0 Å². The number of amides is 1. The number of fused-ring (bicyclic) bond motifs is 2. The van der Waals surface area contributed by atoms with E-state index in [1.165, 1.54) is 12.8 Å². The van der Waals surface area contributed by atoms with E-state index >= 15 is 0 Å². The zero-order valence-corrected chi connectivity index (χ0v) is 11.8. The van der Waals surface area contributed by atoms with Crippen LogP contribution in [0.25, 0.3) is 0 Å². The summed E-state index contributed by atoms with van der Waals surface area (Å²) >= 11 is 0. The van der Waals surface area contributed by atoms with Crippen molar-refractivity contribution in [2.24, 2.45) is 23.7 Å². The van der Waals surface area contributed by atoms with E-state index in [2.05, 4.69) is 6.08 Å². The van der Waals surface area contributed by atoms with E-state index in [-0.39, 0.29) is 23.7 Å². The molecule has 4 rings (SSSR count). The van der Waals surface area contributed by atoms with E-state index in [0.29, 0.717) is 0 Å². The van der Waals surface area contributed by atoms with Crippen molar-refractivity contribution in [3.8, 4) is 0 Å². The maximum absolute atomic E-state index is 12.8. The number of hydrogen-bond donors (Lipinski definition) is 1. The average molecular weight is 277 g/mol. The molecular formula is C16H23NO3. The fourth-order valence-corrected chi connectivity index (χ4v) is 4.17. The molecule has 0 radical (unpaired) electrons. The molecule has 3 aliphatic carbocycles. The molecule has 0 unspecified atom stereocenters. The Bertz CT molecular complexity index is 423. The number of hydrogen-bond acceptors (Lipinski definition) is 2. The van der Waals surface area contributed by atoms with Crippen molar-refractivity contribution < 1.29 is 14.7 Å². The topological polar surface area (TPSA) is 57.6 Å². The molecule has 0 spiro atoms. The molecule has 1 saturated carbocycles. The van der Waals surface area contributed by atoms with Crippen LogP contribution in [0, 0.1) is 23.7 Å². The Morgan fingerprint density at radius 1 is 0.900 bits per heavy atom. The zero-order valence-electron chi connectivity index (χ0n) is 11.8. The number of rotatable bonds is 2. The summed E-state index contributed by atoms with van der Waals surface area (Å²) in [6.45, 7) is 1.62. The van der Waals surface area contributed by atoms with Crippen LogP contribution in [0.2, 0.25) is 0 Å². The van der Waals surface area contributed by atoms with Gasteiger partial charge in [-0.2, -0.15) is 0 Å². The minimum absolute atomic E-state index is 0.0541. The molecule has 0 aromatic heterocycles. The van der Waals surface area contributed by atoms with Crippen LogP contribution >= 0.6 is 0 Å². The van der Waals surface area contributed by atoms with Crippen molar-refractivity contribution in [3.05, 3.63) is 12.2 Å². The van der Waals surface area contributed by atoms with Crippen LogP contribution in [0.3, 0.4) is 0 Å². The summed E-state index contributed by atoms with van der Waals surface area (Å²) < 4.78 is 0. The molecule has 4 atom stereocenters. The summed E-state index contributed by atoms with van der Waals surface area (Å²) in [5.74, 6) is -1.34. The summed E-state index contributed by atoms with van der Waals surface area (Å²) in [7, 11) is 0. The number of likely N-dealkylation sites (tertiary alicyclic amines) is 1. The third-order valence-corrected chi connectivity index (χ3v) is 5.24. The number of aliphatic carboxylic acids is 1. The standard InChI is InChI=1S/C16H23NO3/c18-15(17-9-3-1-2-4-10-17)13-11-5-7-12(8-6-11)14(13)16(19)20/h5,7,11-14H,1-4,6,8-10H2,(H,19,20)/t11-,12-,13+,14+/m0/s1. The number of carboxylic acids is 1. The lowest BCUT2D eigenvalue weighted by Gasteiger charge is -2.43. The number of carboxylic acid groups (broad SMARTS) is 1. The predicted octanol–water partition coefficient (Wildman–Crippen LogP) is 2.30. The van der Waals surface area contributed by atoms with Gasteiger partial charge in [-0.15, -0.1) is 0 Å². The average Bonchev–Trinajstić information content (AvgIpc) is 2.75. The summed E-state index contributed by atoms with van der Waals surface area (Å²) in [6, 6.07) is 0. The minimum atomic E-state index is -0.794. The SMILES string of the molecule is O=C(O)[C@H]1[C@H](C(=O)N2CCCCCC2)[C@H]2C=C[C@H]1CC2. The molecule has 0 aromatic rings. The predicted molar refractivity (Wildman–Crippen MR) is 75.0 cm³/mol. The van der Waals surface area contributed by atoms with E-state index < -0.39 is 11.9 Å². The maximum Gasteiger partial charge on any atom is 0.307 e. The largest absolute Gasteiger partial charge is 0.481 e. The minimum Gasteiger partial charge on any atom is -0.481 e. The van der Waals surface area contributed by atoms with Crippen molar-refractivity contribution in [1.29, 1.82) is 0 Å². The fraction of sp³-hybridized carbons (Fsp3) is 0.750. The Balaban J connectivity index is 1.81. The third-order valence-electron chi connectivity index (χ3n) is 5.24. The normalized spacial score (nSPS) is 36.7. The smallest absolute Gasteiger partial charge is 0.307 e. The van der Waals surface area contributed by atoms with Crippen LogP contribution in [0.1, 0.15) is 38.5 Å². The first-order chi connectivity index (χ1) is 9.68. The molecule has 4 nitrogen and oxygen atoms in total. The van der Waals surface area contributed by atoms with Gasteiger partial charge in [-0.1, -0.05) is 25.0 Å². The molecule has 4 heteroatoms. The first-order valence-electron chi connectivity index (χ1n) is 7.88. The summed E-state index contributed by atoms with van der Waals surface area (Å²) in [5, 5.41) is 9.53. The molecule has 2 fully saturated rings. The van der Waals surface area contributed by atoms with Crippen molar-refractivity contribution in [1.82, 2.24) is 4.90 Å². The lowest BCUT2D eigenvalue weighted by atomic mass is 9.62. The first kappa shape index (κ1) is 13.7. The van der Waals surface area contributed by atoms with E-state index in [1.54, 1.807) is 0 Å². The molecule has 1 saturated heterocycles. The van der Waals surface area contributed by atoms with Gasteiger partial charge in [0.25, 0.3) is 0 Å². The summed E-state index contributed by atoms with van der Waals surface area (Å²) in [6.07, 6.45) is 10.5. The number of nitrogens with zero attached hydrogens (tertiary/aromatic N) is 1. The first-order valence-corrected chi connectivity index (χ1v) is 7.88. The number of carbonyl (C=O) groups excluding carboxylic acids is 1. The Hall–Kier alpha value is -1.32. The third kappa shape index (κ3) is 2.36. The van der Waals surface area contributed by atoms with Crippen LogP contribution in [0.4, 0.5) is 0 Å². The second-order valence-electron chi connectivity index (χ2n) is 6.42. The second kappa shape index (κ2) is 5.58. The van der Waals surface area contributed by atoms with E-state index in [0.717, 1.165) is 38.8 Å². The van der Waals surface area contributed by atoms with Gasteiger partial charge >= 0.3 is 5.97 Å². The molecule has 4 aliphatic rings. The monoisotopic (exact) mass is 277 g/mol. The molecule has 2 bridgehead atoms. The Morgan fingerprint density at radius 3 is 1.95 bits per heavy atom. The Labute approximate surface area is 119 Å². The molecule has 110 valence electrons. The van der Waals surface area contributed by atoms with Gasteiger partial charge in [0, 0.05) is 13.1 Å². The van der Waals surface area contributed by atoms with Crippen molar-refractivity contribution >= 4 is 11.9 Å². The maximum atomic E-state index is 12.8. The van der Waals surface area contributed by atoms with Crippen LogP contribution in [-0.4, -0.2) is 35.0 Å². The molecule has 1 N–H and O–H groups in total. The van der Waals surface area contributed by atoms with E-state index in [9.17, 15) is 14.7 Å². The van der Waals surface area contributed by atoms with Gasteiger partial charge in [0.2, 0.25) is 5.91 Å². The van der Waals surface area contributed by atoms with Gasteiger partial charge in [-0.25, -0.2) is 0 Å². The molecule has 1 amide bonds. The van der Waals surface area contributed by atoms with Gasteiger partial charge < -0.3 is 10.0 Å². The molecule has 1 heterocycles.